The van der Waals surface area contributed by atoms with Gasteiger partial charge in [0.15, 0.2) is 0 Å². The molecule has 0 unspecified atom stereocenters. The Balaban J connectivity index is 2.95. The standard InChI is InChI=1S/C9H4F7NO/c10-4-1-5(11)3-6(2-4)17-7(18)8(12,13)9(14,15)16/h1-3H,(H,17,18). The molecule has 0 fully saturated rings. The van der Waals surface area contributed by atoms with Crippen LogP contribution in [-0.2, 0) is 4.79 Å². The van der Waals surface area contributed by atoms with Crippen molar-refractivity contribution in [3.8, 4) is 0 Å². The highest BCUT2D eigenvalue weighted by Crippen LogP contribution is 2.36. The summed E-state index contributed by atoms with van der Waals surface area (Å²) < 4.78 is 85.5. The van der Waals surface area contributed by atoms with Gasteiger partial charge in [-0.3, -0.25) is 4.79 Å². The minimum absolute atomic E-state index is 0.359. The molecule has 1 aromatic carbocycles. The third-order valence-corrected chi connectivity index (χ3v) is 1.76. The molecule has 0 aliphatic carbocycles. The highest BCUT2D eigenvalue weighted by atomic mass is 19.4. The molecule has 2 nitrogen and oxygen atoms in total. The van der Waals surface area contributed by atoms with Gasteiger partial charge in [-0.05, 0) is 12.1 Å². The lowest BCUT2D eigenvalue weighted by molar-refractivity contribution is -0.267. The van der Waals surface area contributed by atoms with E-state index in [1.165, 1.54) is 0 Å². The number of carbonyl (C=O) groups excluding carboxylic acids is 1. The van der Waals surface area contributed by atoms with Crippen molar-refractivity contribution in [2.24, 2.45) is 0 Å². The molecule has 0 radical (unpaired) electrons. The maximum Gasteiger partial charge on any atom is 0.463 e. The lowest BCUT2D eigenvalue weighted by Gasteiger charge is -2.18. The topological polar surface area (TPSA) is 29.1 Å². The first-order chi connectivity index (χ1) is 8.04. The van der Waals surface area contributed by atoms with Gasteiger partial charge in [-0.25, -0.2) is 8.78 Å². The van der Waals surface area contributed by atoms with Crippen molar-refractivity contribution in [2.75, 3.05) is 5.32 Å². The molecular weight excluding hydrogens is 271 g/mol. The monoisotopic (exact) mass is 275 g/mol. The third-order valence-electron chi connectivity index (χ3n) is 1.76. The molecule has 18 heavy (non-hydrogen) atoms. The summed E-state index contributed by atoms with van der Waals surface area (Å²) in [5.74, 6) is -10.9. The number of benzene rings is 1. The van der Waals surface area contributed by atoms with Gasteiger partial charge in [0.1, 0.15) is 11.6 Å². The Kier molecular flexibility index (Phi) is 3.54. The summed E-state index contributed by atoms with van der Waals surface area (Å²) in [6.07, 6.45) is -6.09. The van der Waals surface area contributed by atoms with Gasteiger partial charge < -0.3 is 5.32 Å². The van der Waals surface area contributed by atoms with E-state index in [1.54, 1.807) is 0 Å². The largest absolute Gasteiger partial charge is 0.463 e. The van der Waals surface area contributed by atoms with Gasteiger partial charge in [0.2, 0.25) is 0 Å². The molecule has 9 heteroatoms. The van der Waals surface area contributed by atoms with Gasteiger partial charge in [-0.15, -0.1) is 0 Å². The lowest BCUT2D eigenvalue weighted by atomic mass is 10.2. The van der Waals surface area contributed by atoms with E-state index in [9.17, 15) is 35.5 Å². The van der Waals surface area contributed by atoms with E-state index < -0.39 is 35.3 Å². The van der Waals surface area contributed by atoms with Gasteiger partial charge >= 0.3 is 18.0 Å². The molecule has 100 valence electrons. The van der Waals surface area contributed by atoms with Crippen LogP contribution < -0.4 is 5.32 Å². The van der Waals surface area contributed by atoms with Crippen LogP contribution in [0.3, 0.4) is 0 Å². The predicted octanol–water partition coefficient (Wildman–Crippen LogP) is 3.10. The van der Waals surface area contributed by atoms with Gasteiger partial charge in [0, 0.05) is 11.8 Å². The van der Waals surface area contributed by atoms with E-state index in [0.717, 1.165) is 5.32 Å². The summed E-state index contributed by atoms with van der Waals surface area (Å²) in [5.41, 5.74) is -0.846. The molecule has 0 aliphatic rings. The minimum Gasteiger partial charge on any atom is -0.320 e. The minimum atomic E-state index is -6.09. The summed E-state index contributed by atoms with van der Waals surface area (Å²) in [6.45, 7) is 0. The van der Waals surface area contributed by atoms with Crippen LogP contribution in [0.4, 0.5) is 36.4 Å². The quantitative estimate of drug-likeness (QED) is 0.825. The van der Waals surface area contributed by atoms with Gasteiger partial charge in [-0.2, -0.15) is 22.0 Å². The molecule has 1 rings (SSSR count). The average molecular weight is 275 g/mol. The number of hydrogen-bond donors (Lipinski definition) is 1. The van der Waals surface area contributed by atoms with Gasteiger partial charge in [0.05, 0.1) is 0 Å². The summed E-state index contributed by atoms with van der Waals surface area (Å²) >= 11 is 0. The normalized spacial score (nSPS) is 12.4. The van der Waals surface area contributed by atoms with Crippen LogP contribution in [0.2, 0.25) is 0 Å². The number of hydrogen-bond acceptors (Lipinski definition) is 1. The van der Waals surface area contributed by atoms with Crippen molar-refractivity contribution < 1.29 is 35.5 Å². The number of alkyl halides is 5. The number of rotatable bonds is 2. The fourth-order valence-corrected chi connectivity index (χ4v) is 0.964. The molecule has 0 spiro atoms. The van der Waals surface area contributed by atoms with Crippen LogP contribution in [0.5, 0.6) is 0 Å². The average Bonchev–Trinajstić information content (AvgIpc) is 2.13. The second-order valence-electron chi connectivity index (χ2n) is 3.18. The Morgan fingerprint density at radius 2 is 1.39 bits per heavy atom. The molecule has 0 saturated heterocycles. The van der Waals surface area contributed by atoms with Crippen molar-refractivity contribution >= 4 is 11.6 Å². The van der Waals surface area contributed by atoms with Crippen molar-refractivity contribution in [2.45, 2.75) is 12.1 Å². The van der Waals surface area contributed by atoms with Crippen molar-refractivity contribution in [3.05, 3.63) is 29.8 Å². The van der Waals surface area contributed by atoms with Gasteiger partial charge in [-0.1, -0.05) is 0 Å². The Morgan fingerprint density at radius 1 is 0.944 bits per heavy atom. The smallest absolute Gasteiger partial charge is 0.320 e. The van der Waals surface area contributed by atoms with Crippen LogP contribution >= 0.6 is 0 Å². The van der Waals surface area contributed by atoms with E-state index in [2.05, 4.69) is 0 Å². The van der Waals surface area contributed by atoms with Crippen LogP contribution in [0.25, 0.3) is 0 Å². The molecule has 0 aromatic heterocycles. The maximum atomic E-state index is 12.6. The zero-order valence-electron chi connectivity index (χ0n) is 8.29. The lowest BCUT2D eigenvalue weighted by Crippen LogP contribution is -2.47. The first-order valence-corrected chi connectivity index (χ1v) is 4.26. The Labute approximate surface area is 95.4 Å². The molecular formula is C9H4F7NO. The summed E-state index contributed by atoms with van der Waals surface area (Å²) in [7, 11) is 0. The first-order valence-electron chi connectivity index (χ1n) is 4.26. The molecule has 0 atom stereocenters. The Hall–Kier alpha value is -1.80. The van der Waals surface area contributed by atoms with Crippen molar-refractivity contribution in [3.63, 3.8) is 0 Å². The second kappa shape index (κ2) is 4.46. The molecule has 1 N–H and O–H groups in total. The molecule has 1 amide bonds. The Bertz CT molecular complexity index is 448. The van der Waals surface area contributed by atoms with Crippen LogP contribution in [0.1, 0.15) is 0 Å². The van der Waals surface area contributed by atoms with Crippen molar-refractivity contribution in [1.29, 1.82) is 0 Å². The van der Waals surface area contributed by atoms with E-state index in [0.29, 0.717) is 18.2 Å². The first kappa shape index (κ1) is 14.3. The zero-order valence-corrected chi connectivity index (χ0v) is 8.29. The Morgan fingerprint density at radius 3 is 1.78 bits per heavy atom. The maximum absolute atomic E-state index is 12.6. The molecule has 0 bridgehead atoms. The number of amides is 1. The molecule has 1 aromatic rings. The van der Waals surface area contributed by atoms with Crippen LogP contribution in [0, 0.1) is 11.6 Å². The van der Waals surface area contributed by atoms with E-state index in [-0.39, 0.29) is 0 Å². The van der Waals surface area contributed by atoms with E-state index in [1.807, 2.05) is 0 Å². The summed E-state index contributed by atoms with van der Waals surface area (Å²) in [6, 6.07) is 1.15. The molecule has 0 heterocycles. The van der Waals surface area contributed by atoms with Crippen molar-refractivity contribution in [1.82, 2.24) is 0 Å². The highest BCUT2D eigenvalue weighted by molar-refractivity contribution is 5.96. The number of anilines is 1. The number of carbonyl (C=O) groups is 1. The van der Waals surface area contributed by atoms with Gasteiger partial charge in [0.25, 0.3) is 0 Å². The fourth-order valence-electron chi connectivity index (χ4n) is 0.964. The SMILES string of the molecule is O=C(Nc1cc(F)cc(F)c1)C(F)(F)C(F)(F)F. The third kappa shape index (κ3) is 2.90. The zero-order chi connectivity index (χ0) is 14.1. The fraction of sp³-hybridized carbons (Fsp3) is 0.222. The summed E-state index contributed by atoms with van der Waals surface area (Å²) in [5, 5.41) is 1.08. The summed E-state index contributed by atoms with van der Waals surface area (Å²) in [4.78, 5) is 10.7. The molecule has 0 saturated carbocycles. The van der Waals surface area contributed by atoms with Crippen LogP contribution in [0.15, 0.2) is 18.2 Å². The molecule has 0 aliphatic heterocycles. The van der Waals surface area contributed by atoms with E-state index in [4.69, 9.17) is 0 Å². The second-order valence-corrected chi connectivity index (χ2v) is 3.18. The predicted molar refractivity (Wildman–Crippen MR) is 46.0 cm³/mol. The van der Waals surface area contributed by atoms with Crippen LogP contribution in [-0.4, -0.2) is 18.0 Å². The highest BCUT2D eigenvalue weighted by Gasteiger charge is 2.63. The number of halogens is 7. The van der Waals surface area contributed by atoms with E-state index >= 15 is 0 Å². The number of nitrogens with one attached hydrogen (secondary N) is 1.